The van der Waals surface area contributed by atoms with Gasteiger partial charge in [-0.05, 0) is 18.1 Å². The zero-order chi connectivity index (χ0) is 12.5. The van der Waals surface area contributed by atoms with Gasteiger partial charge in [0.2, 0.25) is 0 Å². The van der Waals surface area contributed by atoms with Crippen LogP contribution in [0.5, 0.6) is 0 Å². The van der Waals surface area contributed by atoms with Gasteiger partial charge < -0.3 is 5.73 Å². The number of pyridine rings is 1. The number of benzene rings is 1. The summed E-state index contributed by atoms with van der Waals surface area (Å²) in [6.45, 7) is 3.65. The van der Waals surface area contributed by atoms with E-state index in [1.807, 2.05) is 44.2 Å². The van der Waals surface area contributed by atoms with Gasteiger partial charge in [-0.2, -0.15) is 0 Å². The molecule has 1 aromatic carbocycles. The first-order valence-corrected chi connectivity index (χ1v) is 5.82. The van der Waals surface area contributed by atoms with E-state index in [1.165, 1.54) is 0 Å². The Morgan fingerprint density at radius 2 is 2.06 bits per heavy atom. The summed E-state index contributed by atoms with van der Waals surface area (Å²) in [6.07, 6.45) is 1.59. The number of aromatic nitrogens is 1. The highest BCUT2D eigenvalue weighted by Crippen LogP contribution is 2.33. The maximum atomic E-state index is 14.7. The van der Waals surface area contributed by atoms with E-state index in [0.29, 0.717) is 5.56 Å². The van der Waals surface area contributed by atoms with Crippen molar-refractivity contribution < 1.29 is 4.39 Å². The molecule has 17 heavy (non-hydrogen) atoms. The fourth-order valence-corrected chi connectivity index (χ4v) is 1.99. The van der Waals surface area contributed by atoms with E-state index in [2.05, 4.69) is 4.98 Å². The summed E-state index contributed by atoms with van der Waals surface area (Å²) in [4.78, 5) is 4.28. The molecule has 0 aliphatic rings. The molecule has 3 heteroatoms. The molecule has 0 aliphatic heterocycles. The number of para-hydroxylation sites is 1. The van der Waals surface area contributed by atoms with Crippen molar-refractivity contribution in [2.45, 2.75) is 19.5 Å². The summed E-state index contributed by atoms with van der Waals surface area (Å²) < 4.78 is 14.7. The molecular weight excluding hydrogens is 215 g/mol. The zero-order valence-electron chi connectivity index (χ0n) is 10.2. The summed E-state index contributed by atoms with van der Waals surface area (Å²) in [6, 6.07) is 9.53. The van der Waals surface area contributed by atoms with Gasteiger partial charge in [-0.25, -0.2) is 4.39 Å². The van der Waals surface area contributed by atoms with E-state index in [1.54, 1.807) is 6.20 Å². The third-order valence-corrected chi connectivity index (χ3v) is 3.28. The van der Waals surface area contributed by atoms with Crippen molar-refractivity contribution in [3.63, 3.8) is 0 Å². The largest absolute Gasteiger partial charge is 0.327 e. The van der Waals surface area contributed by atoms with E-state index in [0.717, 1.165) is 10.9 Å². The summed E-state index contributed by atoms with van der Waals surface area (Å²) in [5, 5.41) is 0.945. The average molecular weight is 232 g/mol. The lowest BCUT2D eigenvalue weighted by Crippen LogP contribution is -2.35. The van der Waals surface area contributed by atoms with Gasteiger partial charge in [0.15, 0.2) is 5.67 Å². The second kappa shape index (κ2) is 4.41. The molecule has 2 aromatic rings. The van der Waals surface area contributed by atoms with Gasteiger partial charge >= 0.3 is 0 Å². The molecule has 0 saturated carbocycles. The van der Waals surface area contributed by atoms with Crippen molar-refractivity contribution in [1.82, 2.24) is 4.98 Å². The van der Waals surface area contributed by atoms with Crippen LogP contribution in [0.3, 0.4) is 0 Å². The van der Waals surface area contributed by atoms with Crippen molar-refractivity contribution in [3.8, 4) is 0 Å². The summed E-state index contributed by atoms with van der Waals surface area (Å²) in [5.41, 5.74) is 5.52. The Balaban J connectivity index is 2.55. The normalized spacial score (nSPS) is 15.1. The van der Waals surface area contributed by atoms with E-state index in [-0.39, 0.29) is 12.5 Å². The molecule has 2 rings (SSSR count). The molecule has 1 unspecified atom stereocenters. The first-order valence-electron chi connectivity index (χ1n) is 5.82. The van der Waals surface area contributed by atoms with Gasteiger partial charge in [0.05, 0.1) is 5.52 Å². The first-order chi connectivity index (χ1) is 8.08. The maximum absolute atomic E-state index is 14.7. The number of alkyl halides is 1. The molecule has 0 bridgehead atoms. The van der Waals surface area contributed by atoms with Crippen molar-refractivity contribution in [3.05, 3.63) is 42.1 Å². The molecule has 0 saturated heterocycles. The number of fused-ring (bicyclic) bond motifs is 1. The van der Waals surface area contributed by atoms with Crippen molar-refractivity contribution in [1.29, 1.82) is 0 Å². The van der Waals surface area contributed by atoms with E-state index in [9.17, 15) is 4.39 Å². The molecule has 0 fully saturated rings. The SMILES string of the molecule is CC(C)C(F)(CN)c1cnc2ccccc2c1. The fourth-order valence-electron chi connectivity index (χ4n) is 1.99. The highest BCUT2D eigenvalue weighted by molar-refractivity contribution is 5.78. The quantitative estimate of drug-likeness (QED) is 0.883. The third-order valence-electron chi connectivity index (χ3n) is 3.28. The molecule has 0 radical (unpaired) electrons. The minimum absolute atomic E-state index is 0.0231. The molecule has 2 nitrogen and oxygen atoms in total. The van der Waals surface area contributed by atoms with Crippen LogP contribution in [-0.2, 0) is 5.67 Å². The number of nitrogens with two attached hydrogens (primary N) is 1. The topological polar surface area (TPSA) is 38.9 Å². The molecule has 1 atom stereocenters. The standard InChI is InChI=1S/C14H17FN2/c1-10(2)14(15,9-16)12-7-11-5-3-4-6-13(11)17-8-12/h3-8,10H,9,16H2,1-2H3. The monoisotopic (exact) mass is 232 g/mol. The van der Waals surface area contributed by atoms with Crippen molar-refractivity contribution >= 4 is 10.9 Å². The van der Waals surface area contributed by atoms with E-state index >= 15 is 0 Å². The average Bonchev–Trinajstić information content (AvgIpc) is 2.37. The summed E-state index contributed by atoms with van der Waals surface area (Å²) in [5.74, 6) is -0.171. The highest BCUT2D eigenvalue weighted by atomic mass is 19.1. The Kier molecular flexibility index (Phi) is 3.11. The van der Waals surface area contributed by atoms with Crippen LogP contribution in [-0.4, -0.2) is 11.5 Å². The van der Waals surface area contributed by atoms with Crippen LogP contribution in [0.1, 0.15) is 19.4 Å². The minimum atomic E-state index is -1.50. The number of halogens is 1. The van der Waals surface area contributed by atoms with Crippen LogP contribution >= 0.6 is 0 Å². The Morgan fingerprint density at radius 1 is 1.35 bits per heavy atom. The van der Waals surface area contributed by atoms with Crippen LogP contribution in [0.4, 0.5) is 4.39 Å². The second-order valence-corrected chi connectivity index (χ2v) is 4.64. The van der Waals surface area contributed by atoms with Gasteiger partial charge in [0.1, 0.15) is 0 Å². The zero-order valence-corrected chi connectivity index (χ0v) is 10.2. The smallest absolute Gasteiger partial charge is 0.151 e. The Hall–Kier alpha value is -1.48. The lowest BCUT2D eigenvalue weighted by molar-refractivity contribution is 0.109. The molecule has 0 spiro atoms. The van der Waals surface area contributed by atoms with Crippen LogP contribution in [0.15, 0.2) is 36.5 Å². The summed E-state index contributed by atoms with van der Waals surface area (Å²) in [7, 11) is 0. The van der Waals surface area contributed by atoms with Crippen LogP contribution in [0.25, 0.3) is 10.9 Å². The number of nitrogens with zero attached hydrogens (tertiary/aromatic N) is 1. The maximum Gasteiger partial charge on any atom is 0.151 e. The van der Waals surface area contributed by atoms with E-state index in [4.69, 9.17) is 5.73 Å². The highest BCUT2D eigenvalue weighted by Gasteiger charge is 2.34. The minimum Gasteiger partial charge on any atom is -0.327 e. The lowest BCUT2D eigenvalue weighted by Gasteiger charge is -2.28. The Bertz CT molecular complexity index is 524. The fraction of sp³-hybridized carbons (Fsp3) is 0.357. The molecule has 1 heterocycles. The molecule has 1 aromatic heterocycles. The van der Waals surface area contributed by atoms with Crippen molar-refractivity contribution in [2.24, 2.45) is 11.7 Å². The predicted molar refractivity (Wildman–Crippen MR) is 68.4 cm³/mol. The molecular formula is C14H17FN2. The van der Waals surface area contributed by atoms with Gasteiger partial charge in [-0.1, -0.05) is 32.0 Å². The second-order valence-electron chi connectivity index (χ2n) is 4.64. The van der Waals surface area contributed by atoms with Crippen LogP contribution in [0, 0.1) is 5.92 Å². The van der Waals surface area contributed by atoms with Gasteiger partial charge in [0, 0.05) is 23.7 Å². The third kappa shape index (κ3) is 2.03. The number of hydrogen-bond donors (Lipinski definition) is 1. The van der Waals surface area contributed by atoms with Gasteiger partial charge in [-0.15, -0.1) is 0 Å². The molecule has 2 N–H and O–H groups in total. The molecule has 0 amide bonds. The molecule has 90 valence electrons. The van der Waals surface area contributed by atoms with Crippen molar-refractivity contribution in [2.75, 3.05) is 6.54 Å². The van der Waals surface area contributed by atoms with E-state index < -0.39 is 5.67 Å². The van der Waals surface area contributed by atoms with Crippen LogP contribution < -0.4 is 5.73 Å². The van der Waals surface area contributed by atoms with Gasteiger partial charge in [-0.3, -0.25) is 4.98 Å². The number of hydrogen-bond acceptors (Lipinski definition) is 2. The lowest BCUT2D eigenvalue weighted by atomic mass is 9.85. The number of rotatable bonds is 3. The summed E-state index contributed by atoms with van der Waals surface area (Å²) >= 11 is 0. The molecule has 0 aliphatic carbocycles. The van der Waals surface area contributed by atoms with Gasteiger partial charge in [0.25, 0.3) is 0 Å². The first kappa shape index (κ1) is 12.0. The Morgan fingerprint density at radius 3 is 2.71 bits per heavy atom. The Labute approximate surface area is 101 Å². The predicted octanol–water partition coefficient (Wildman–Crippen LogP) is 3.01. The van der Waals surface area contributed by atoms with Crippen LogP contribution in [0.2, 0.25) is 0 Å².